The Morgan fingerprint density at radius 3 is 2.60 bits per heavy atom. The summed E-state index contributed by atoms with van der Waals surface area (Å²) in [6.07, 6.45) is 3.17. The molecule has 1 aromatic carbocycles. The minimum Gasteiger partial charge on any atom is -0.225 e. The molecule has 0 aliphatic heterocycles. The normalized spacial score (nSPS) is 12.2. The van der Waals surface area contributed by atoms with Gasteiger partial charge in [-0.15, -0.1) is 0 Å². The standard InChI is InChI=1S/C9H10FNO2S2/c10-9-6-8(15(11,12)13)4-3-7(9)2-1-5-14/h1-4,6,14H,5H2,(H2,11,12,13). The Balaban J connectivity index is 3.15. The highest BCUT2D eigenvalue weighted by Crippen LogP contribution is 2.14. The minimum absolute atomic E-state index is 0.233. The van der Waals surface area contributed by atoms with Gasteiger partial charge in [0.05, 0.1) is 4.90 Å². The van der Waals surface area contributed by atoms with Gasteiger partial charge in [0, 0.05) is 11.3 Å². The molecule has 0 fully saturated rings. The molecule has 0 radical (unpaired) electrons. The molecule has 0 unspecified atom stereocenters. The van der Waals surface area contributed by atoms with Crippen LogP contribution in [0.15, 0.2) is 29.2 Å². The Morgan fingerprint density at radius 2 is 2.13 bits per heavy atom. The van der Waals surface area contributed by atoms with Crippen LogP contribution in [0.3, 0.4) is 0 Å². The molecule has 0 saturated heterocycles. The maximum absolute atomic E-state index is 13.3. The van der Waals surface area contributed by atoms with Crippen LogP contribution in [-0.2, 0) is 10.0 Å². The molecule has 2 N–H and O–H groups in total. The van der Waals surface area contributed by atoms with Crippen molar-refractivity contribution >= 4 is 28.7 Å². The molecule has 0 atom stereocenters. The van der Waals surface area contributed by atoms with E-state index in [1.807, 2.05) is 0 Å². The number of benzene rings is 1. The molecule has 3 nitrogen and oxygen atoms in total. The van der Waals surface area contributed by atoms with Crippen molar-refractivity contribution < 1.29 is 12.8 Å². The highest BCUT2D eigenvalue weighted by atomic mass is 32.2. The lowest BCUT2D eigenvalue weighted by Crippen LogP contribution is -2.12. The van der Waals surface area contributed by atoms with Gasteiger partial charge in [0.25, 0.3) is 0 Å². The number of halogens is 1. The lowest BCUT2D eigenvalue weighted by atomic mass is 10.2. The number of rotatable bonds is 3. The molecule has 1 aromatic rings. The number of hydrogen-bond acceptors (Lipinski definition) is 3. The second kappa shape index (κ2) is 4.78. The van der Waals surface area contributed by atoms with E-state index < -0.39 is 15.8 Å². The molecule has 0 aromatic heterocycles. The third-order valence-corrected chi connectivity index (χ3v) is 2.83. The van der Waals surface area contributed by atoms with E-state index in [0.29, 0.717) is 11.3 Å². The fraction of sp³-hybridized carbons (Fsp3) is 0.111. The molecule has 15 heavy (non-hydrogen) atoms. The van der Waals surface area contributed by atoms with Crippen molar-refractivity contribution in [3.05, 3.63) is 35.7 Å². The molecule has 6 heteroatoms. The van der Waals surface area contributed by atoms with Crippen molar-refractivity contribution in [3.63, 3.8) is 0 Å². The second-order valence-electron chi connectivity index (χ2n) is 2.81. The molecule has 0 amide bonds. The number of sulfonamides is 1. The number of thiol groups is 1. The van der Waals surface area contributed by atoms with Crippen molar-refractivity contribution in [2.24, 2.45) is 5.14 Å². The van der Waals surface area contributed by atoms with E-state index in [-0.39, 0.29) is 4.90 Å². The summed E-state index contributed by atoms with van der Waals surface area (Å²) in [5.74, 6) is -0.143. The van der Waals surface area contributed by atoms with Crippen LogP contribution in [0, 0.1) is 5.82 Å². The van der Waals surface area contributed by atoms with E-state index in [1.165, 1.54) is 18.2 Å². The largest absolute Gasteiger partial charge is 0.238 e. The van der Waals surface area contributed by atoms with E-state index in [2.05, 4.69) is 12.6 Å². The van der Waals surface area contributed by atoms with Gasteiger partial charge < -0.3 is 0 Å². The molecule has 0 spiro atoms. The fourth-order valence-corrected chi connectivity index (χ4v) is 1.63. The van der Waals surface area contributed by atoms with Crippen LogP contribution in [0.1, 0.15) is 5.56 Å². The summed E-state index contributed by atoms with van der Waals surface area (Å²) in [4.78, 5) is -0.233. The van der Waals surface area contributed by atoms with Gasteiger partial charge in [0.2, 0.25) is 10.0 Å². The van der Waals surface area contributed by atoms with Gasteiger partial charge in [-0.05, 0) is 12.1 Å². The number of primary sulfonamides is 1. The second-order valence-corrected chi connectivity index (χ2v) is 4.74. The number of hydrogen-bond donors (Lipinski definition) is 2. The lowest BCUT2D eigenvalue weighted by molar-refractivity contribution is 0.592. The highest BCUT2D eigenvalue weighted by Gasteiger charge is 2.09. The van der Waals surface area contributed by atoms with E-state index in [4.69, 9.17) is 5.14 Å². The van der Waals surface area contributed by atoms with E-state index in [0.717, 1.165) is 6.07 Å². The first-order valence-electron chi connectivity index (χ1n) is 4.05. The van der Waals surface area contributed by atoms with Crippen LogP contribution in [0.2, 0.25) is 0 Å². The van der Waals surface area contributed by atoms with Crippen LogP contribution in [-0.4, -0.2) is 14.2 Å². The van der Waals surface area contributed by atoms with Gasteiger partial charge in [-0.3, -0.25) is 0 Å². The summed E-state index contributed by atoms with van der Waals surface area (Å²) in [7, 11) is -3.84. The van der Waals surface area contributed by atoms with Crippen LogP contribution in [0.5, 0.6) is 0 Å². The van der Waals surface area contributed by atoms with Gasteiger partial charge in [-0.25, -0.2) is 17.9 Å². The van der Waals surface area contributed by atoms with Crippen LogP contribution in [0.4, 0.5) is 4.39 Å². The van der Waals surface area contributed by atoms with E-state index in [9.17, 15) is 12.8 Å². The van der Waals surface area contributed by atoms with Gasteiger partial charge in [-0.1, -0.05) is 18.2 Å². The zero-order valence-electron chi connectivity index (χ0n) is 7.72. The summed E-state index contributed by atoms with van der Waals surface area (Å²) in [6.45, 7) is 0. The van der Waals surface area contributed by atoms with Gasteiger partial charge >= 0.3 is 0 Å². The lowest BCUT2D eigenvalue weighted by Gasteiger charge is -2.00. The molecule has 0 saturated carbocycles. The SMILES string of the molecule is NS(=O)(=O)c1ccc(C=CCS)c(F)c1. The van der Waals surface area contributed by atoms with Crippen molar-refractivity contribution in [2.75, 3.05) is 5.75 Å². The predicted molar refractivity (Wildman–Crippen MR) is 60.7 cm³/mol. The van der Waals surface area contributed by atoms with E-state index >= 15 is 0 Å². The quantitative estimate of drug-likeness (QED) is 0.793. The van der Waals surface area contributed by atoms with Crippen molar-refractivity contribution in [1.29, 1.82) is 0 Å². The smallest absolute Gasteiger partial charge is 0.225 e. The van der Waals surface area contributed by atoms with Gasteiger partial charge in [0.1, 0.15) is 5.82 Å². The molecule has 0 aliphatic rings. The molecule has 0 bridgehead atoms. The summed E-state index contributed by atoms with van der Waals surface area (Å²) >= 11 is 3.93. The number of nitrogens with two attached hydrogens (primary N) is 1. The zero-order valence-corrected chi connectivity index (χ0v) is 9.43. The Morgan fingerprint density at radius 1 is 1.47 bits per heavy atom. The molecule has 0 heterocycles. The van der Waals surface area contributed by atoms with Crippen molar-refractivity contribution in [3.8, 4) is 0 Å². The molecule has 0 aliphatic carbocycles. The van der Waals surface area contributed by atoms with Gasteiger partial charge in [0.15, 0.2) is 0 Å². The minimum atomic E-state index is -3.84. The maximum Gasteiger partial charge on any atom is 0.238 e. The molecule has 82 valence electrons. The Bertz CT molecular complexity index is 483. The maximum atomic E-state index is 13.3. The van der Waals surface area contributed by atoms with Crippen LogP contribution < -0.4 is 5.14 Å². The first kappa shape index (κ1) is 12.2. The first-order valence-corrected chi connectivity index (χ1v) is 6.23. The third kappa shape index (κ3) is 3.33. The Hall–Kier alpha value is -0.850. The fourth-order valence-electron chi connectivity index (χ4n) is 1.000. The summed E-state index contributed by atoms with van der Waals surface area (Å²) in [6, 6.07) is 3.51. The third-order valence-electron chi connectivity index (χ3n) is 1.70. The van der Waals surface area contributed by atoms with Crippen molar-refractivity contribution in [2.45, 2.75) is 4.90 Å². The van der Waals surface area contributed by atoms with Gasteiger partial charge in [-0.2, -0.15) is 12.6 Å². The molecular formula is C9H10FNO2S2. The first-order chi connectivity index (χ1) is 6.95. The Labute approximate surface area is 93.3 Å². The summed E-state index contributed by atoms with van der Waals surface area (Å²) < 4.78 is 35.1. The highest BCUT2D eigenvalue weighted by molar-refractivity contribution is 7.89. The molecule has 1 rings (SSSR count). The topological polar surface area (TPSA) is 60.2 Å². The monoisotopic (exact) mass is 247 g/mol. The average molecular weight is 247 g/mol. The Kier molecular flexibility index (Phi) is 3.90. The van der Waals surface area contributed by atoms with Crippen molar-refractivity contribution in [1.82, 2.24) is 0 Å². The molecular weight excluding hydrogens is 237 g/mol. The zero-order chi connectivity index (χ0) is 11.5. The summed E-state index contributed by atoms with van der Waals surface area (Å²) in [5.41, 5.74) is 0.302. The van der Waals surface area contributed by atoms with Crippen LogP contribution >= 0.6 is 12.6 Å². The summed E-state index contributed by atoms with van der Waals surface area (Å²) in [5, 5.41) is 4.85. The predicted octanol–water partition coefficient (Wildman–Crippen LogP) is 1.42. The average Bonchev–Trinajstić information content (AvgIpc) is 2.14. The van der Waals surface area contributed by atoms with Crippen LogP contribution in [0.25, 0.3) is 6.08 Å². The van der Waals surface area contributed by atoms with E-state index in [1.54, 1.807) is 6.08 Å².